The molecule has 3 heteroatoms. The topological polar surface area (TPSA) is 25.4 Å². The molecule has 0 N–H and O–H groups in total. The maximum atomic E-state index is 6.30. The molecule has 2 heterocycles. The monoisotopic (exact) mass is 406 g/mol. The highest BCUT2D eigenvalue weighted by atomic mass is 16.5. The Hall–Kier alpha value is -3.43. The first-order valence-electron chi connectivity index (χ1n) is 10.8. The van der Waals surface area contributed by atoms with Gasteiger partial charge in [-0.25, -0.2) is 0 Å². The fourth-order valence-corrected chi connectivity index (χ4v) is 4.38. The van der Waals surface area contributed by atoms with E-state index in [0.29, 0.717) is 12.6 Å². The molecule has 0 unspecified atom stereocenters. The van der Waals surface area contributed by atoms with Crippen molar-refractivity contribution in [2.45, 2.75) is 25.6 Å². The minimum Gasteiger partial charge on any atom is -0.492 e. The number of hydrogen-bond acceptors (Lipinski definition) is 3. The number of benzene rings is 3. The van der Waals surface area contributed by atoms with E-state index in [1.54, 1.807) is 0 Å². The molecular weight excluding hydrogens is 380 g/mol. The average molecular weight is 407 g/mol. The van der Waals surface area contributed by atoms with Gasteiger partial charge in [0.2, 0.25) is 0 Å². The zero-order chi connectivity index (χ0) is 20.9. The van der Waals surface area contributed by atoms with E-state index in [9.17, 15) is 0 Å². The maximum absolute atomic E-state index is 6.30. The molecule has 4 aromatic rings. The number of fused-ring (bicyclic) bond motifs is 1. The summed E-state index contributed by atoms with van der Waals surface area (Å²) in [6.45, 7) is 2.50. The van der Waals surface area contributed by atoms with Crippen molar-refractivity contribution in [2.75, 3.05) is 6.61 Å². The van der Waals surface area contributed by atoms with Gasteiger partial charge in [-0.3, -0.25) is 9.88 Å². The molecule has 0 bridgehead atoms. The van der Waals surface area contributed by atoms with E-state index in [-0.39, 0.29) is 0 Å². The van der Waals surface area contributed by atoms with Gasteiger partial charge in [-0.15, -0.1) is 0 Å². The van der Waals surface area contributed by atoms with Crippen molar-refractivity contribution in [2.24, 2.45) is 0 Å². The highest BCUT2D eigenvalue weighted by Gasteiger charge is 2.27. The molecule has 0 radical (unpaired) electrons. The van der Waals surface area contributed by atoms with Gasteiger partial charge in [-0.05, 0) is 46.9 Å². The van der Waals surface area contributed by atoms with Gasteiger partial charge in [-0.2, -0.15) is 0 Å². The Labute approximate surface area is 184 Å². The zero-order valence-corrected chi connectivity index (χ0v) is 17.5. The molecule has 0 spiro atoms. The molecule has 31 heavy (non-hydrogen) atoms. The Bertz CT molecular complexity index is 1070. The molecular formula is C28H26N2O. The summed E-state index contributed by atoms with van der Waals surface area (Å²) in [6, 6.07) is 32.3. The Balaban J connectivity index is 1.46. The molecule has 0 fully saturated rings. The second kappa shape index (κ2) is 9.15. The molecule has 0 aliphatic carbocycles. The summed E-state index contributed by atoms with van der Waals surface area (Å²) in [7, 11) is 0. The third kappa shape index (κ3) is 4.52. The second-order valence-electron chi connectivity index (χ2n) is 8.06. The average Bonchev–Trinajstić information content (AvgIpc) is 2.85. The molecule has 1 atom stereocenters. The predicted molar refractivity (Wildman–Crippen MR) is 125 cm³/mol. The Kier molecular flexibility index (Phi) is 5.76. The van der Waals surface area contributed by atoms with Crippen molar-refractivity contribution in [1.82, 2.24) is 9.88 Å². The van der Waals surface area contributed by atoms with Crippen LogP contribution in [0.25, 0.3) is 11.1 Å². The predicted octanol–water partition coefficient (Wildman–Crippen LogP) is 5.75. The van der Waals surface area contributed by atoms with Gasteiger partial charge in [0.1, 0.15) is 12.4 Å². The fourth-order valence-electron chi connectivity index (χ4n) is 4.38. The van der Waals surface area contributed by atoms with Crippen LogP contribution >= 0.6 is 0 Å². The summed E-state index contributed by atoms with van der Waals surface area (Å²) in [5.74, 6) is 1.00. The van der Waals surface area contributed by atoms with Crippen molar-refractivity contribution in [3.63, 3.8) is 0 Å². The lowest BCUT2D eigenvalue weighted by molar-refractivity contribution is 0.106. The minimum absolute atomic E-state index is 0.302. The molecule has 1 aliphatic rings. The number of nitrogens with zero attached hydrogens (tertiary/aromatic N) is 2. The molecule has 3 nitrogen and oxygen atoms in total. The summed E-state index contributed by atoms with van der Waals surface area (Å²) < 4.78 is 6.30. The standard InChI is InChI=1S/C28H26N2O/c1-3-8-22(9-4-1)19-30(20-23-10-5-2-6-11-23)25-18-27-26(24-14-16-29-17-15-24)12-7-13-28(27)31-21-25/h1-17,25H,18-21H2/t25-/m0/s1. The van der Waals surface area contributed by atoms with Crippen molar-refractivity contribution in [1.29, 1.82) is 0 Å². The van der Waals surface area contributed by atoms with Crippen LogP contribution in [0.2, 0.25) is 0 Å². The Morgan fingerprint density at radius 2 is 1.39 bits per heavy atom. The fraction of sp³-hybridized carbons (Fsp3) is 0.179. The van der Waals surface area contributed by atoms with Crippen LogP contribution < -0.4 is 4.74 Å². The van der Waals surface area contributed by atoms with Crippen LogP contribution in [0.1, 0.15) is 16.7 Å². The summed E-state index contributed by atoms with van der Waals surface area (Å²) in [4.78, 5) is 6.73. The van der Waals surface area contributed by atoms with Gasteiger partial charge < -0.3 is 4.74 Å². The van der Waals surface area contributed by atoms with Crippen molar-refractivity contribution in [3.05, 3.63) is 120 Å². The van der Waals surface area contributed by atoms with E-state index < -0.39 is 0 Å². The SMILES string of the molecule is c1ccc(CN(Cc2ccccc2)[C@@H]2COc3cccc(-c4ccncc4)c3C2)cc1. The highest BCUT2D eigenvalue weighted by Crippen LogP contribution is 2.35. The van der Waals surface area contributed by atoms with E-state index >= 15 is 0 Å². The summed E-state index contributed by atoms with van der Waals surface area (Å²) in [5, 5.41) is 0. The molecule has 0 amide bonds. The Morgan fingerprint density at radius 3 is 2.03 bits per heavy atom. The Morgan fingerprint density at radius 1 is 0.742 bits per heavy atom. The van der Waals surface area contributed by atoms with Crippen LogP contribution in [0.5, 0.6) is 5.75 Å². The van der Waals surface area contributed by atoms with Crippen molar-refractivity contribution >= 4 is 0 Å². The molecule has 3 aromatic carbocycles. The van der Waals surface area contributed by atoms with Crippen LogP contribution in [0.4, 0.5) is 0 Å². The summed E-state index contributed by atoms with van der Waals surface area (Å²) in [6.07, 6.45) is 4.67. The molecule has 154 valence electrons. The number of ether oxygens (including phenoxy) is 1. The minimum atomic E-state index is 0.302. The second-order valence-corrected chi connectivity index (χ2v) is 8.06. The van der Waals surface area contributed by atoms with Gasteiger partial charge in [-0.1, -0.05) is 72.8 Å². The van der Waals surface area contributed by atoms with E-state index in [2.05, 4.69) is 101 Å². The molecule has 0 saturated carbocycles. The van der Waals surface area contributed by atoms with Crippen LogP contribution in [0.3, 0.4) is 0 Å². The van der Waals surface area contributed by atoms with Gasteiger partial charge in [0.15, 0.2) is 0 Å². The number of rotatable bonds is 6. The molecule has 1 aromatic heterocycles. The molecule has 1 aliphatic heterocycles. The van der Waals surface area contributed by atoms with Crippen LogP contribution in [0.15, 0.2) is 103 Å². The smallest absolute Gasteiger partial charge is 0.123 e. The number of hydrogen-bond donors (Lipinski definition) is 0. The lowest BCUT2D eigenvalue weighted by Crippen LogP contribution is -2.42. The first-order chi connectivity index (χ1) is 15.4. The normalized spacial score (nSPS) is 15.3. The van der Waals surface area contributed by atoms with Gasteiger partial charge >= 0.3 is 0 Å². The van der Waals surface area contributed by atoms with E-state index in [1.807, 2.05) is 12.4 Å². The van der Waals surface area contributed by atoms with Gasteiger partial charge in [0, 0.05) is 37.1 Å². The quantitative estimate of drug-likeness (QED) is 0.407. The van der Waals surface area contributed by atoms with E-state index in [4.69, 9.17) is 4.74 Å². The lowest BCUT2D eigenvalue weighted by atomic mass is 9.92. The first kappa shape index (κ1) is 19.5. The third-order valence-corrected chi connectivity index (χ3v) is 5.97. The third-order valence-electron chi connectivity index (χ3n) is 5.97. The van der Waals surface area contributed by atoms with Crippen LogP contribution in [0, 0.1) is 0 Å². The van der Waals surface area contributed by atoms with Gasteiger partial charge in [0.05, 0.1) is 0 Å². The summed E-state index contributed by atoms with van der Waals surface area (Å²) in [5.41, 5.74) is 6.37. The van der Waals surface area contributed by atoms with Crippen molar-refractivity contribution in [3.8, 4) is 16.9 Å². The van der Waals surface area contributed by atoms with Crippen LogP contribution in [-0.4, -0.2) is 22.5 Å². The van der Waals surface area contributed by atoms with E-state index in [0.717, 1.165) is 25.3 Å². The largest absolute Gasteiger partial charge is 0.492 e. The highest BCUT2D eigenvalue weighted by molar-refractivity contribution is 5.70. The maximum Gasteiger partial charge on any atom is 0.123 e. The molecule has 5 rings (SSSR count). The van der Waals surface area contributed by atoms with E-state index in [1.165, 1.54) is 27.8 Å². The number of aromatic nitrogens is 1. The van der Waals surface area contributed by atoms with Crippen molar-refractivity contribution < 1.29 is 4.74 Å². The van der Waals surface area contributed by atoms with Gasteiger partial charge in [0.25, 0.3) is 0 Å². The lowest BCUT2D eigenvalue weighted by Gasteiger charge is -2.36. The molecule has 0 saturated heterocycles. The first-order valence-corrected chi connectivity index (χ1v) is 10.8. The zero-order valence-electron chi connectivity index (χ0n) is 17.5. The van der Waals surface area contributed by atoms with Crippen LogP contribution in [-0.2, 0) is 19.5 Å². The summed E-state index contributed by atoms with van der Waals surface area (Å²) >= 11 is 0. The number of pyridine rings is 1.